The van der Waals surface area contributed by atoms with Crippen LogP contribution in [0.3, 0.4) is 0 Å². The molecule has 4 nitrogen and oxygen atoms in total. The Hall–Kier alpha value is 0.624. The van der Waals surface area contributed by atoms with Gasteiger partial charge >= 0.3 is 0 Å². The minimum Gasteiger partial charge on any atom is -0.330 e. The Morgan fingerprint density at radius 1 is 0.526 bits per heavy atom. The van der Waals surface area contributed by atoms with Gasteiger partial charge in [0.25, 0.3) is 0 Å². The molecule has 0 atom stereocenters. The number of hydrogen-bond donors (Lipinski definition) is 4. The Kier molecular flexibility index (Phi) is 15.5. The number of hydrogen-bond acceptors (Lipinski definition) is 5. The zero-order chi connectivity index (χ0) is 14.3. The van der Waals surface area contributed by atoms with E-state index in [9.17, 15) is 0 Å². The predicted octanol–water partition coefficient (Wildman–Crippen LogP) is 0.562. The van der Waals surface area contributed by atoms with E-state index >= 15 is 0 Å². The van der Waals surface area contributed by atoms with Crippen molar-refractivity contribution in [3.05, 3.63) is 0 Å². The molecule has 0 unspecified atom stereocenters. The zero-order valence-corrected chi connectivity index (χ0v) is 15.5. The van der Waals surface area contributed by atoms with Crippen molar-refractivity contribution >= 4 is 26.6 Å². The lowest BCUT2D eigenvalue weighted by Crippen LogP contribution is -2.21. The van der Waals surface area contributed by atoms with Crippen molar-refractivity contribution in [2.24, 2.45) is 22.9 Å². The lowest BCUT2D eigenvalue weighted by Gasteiger charge is -2.21. The fraction of sp³-hybridized carbons (Fsp3) is 1.00. The predicted molar refractivity (Wildman–Crippen MR) is 95.8 cm³/mol. The Bertz CT molecular complexity index is 155. The summed E-state index contributed by atoms with van der Waals surface area (Å²) in [5.41, 5.74) is 22.7. The summed E-state index contributed by atoms with van der Waals surface area (Å²) in [7, 11) is 1.05. The van der Waals surface area contributed by atoms with Crippen LogP contribution in [0.4, 0.5) is 0 Å². The molecule has 0 amide bonds. The van der Waals surface area contributed by atoms with Crippen molar-refractivity contribution < 1.29 is 0 Å². The van der Waals surface area contributed by atoms with Crippen LogP contribution in [0.25, 0.3) is 0 Å². The second-order valence-electron chi connectivity index (χ2n) is 5.10. The highest BCUT2D eigenvalue weighted by molar-refractivity contribution is 8.45. The van der Waals surface area contributed by atoms with Crippen molar-refractivity contribution in [3.63, 3.8) is 0 Å². The van der Waals surface area contributed by atoms with Crippen molar-refractivity contribution in [3.8, 4) is 0 Å². The van der Waals surface area contributed by atoms with Gasteiger partial charge in [0.15, 0.2) is 0 Å². The van der Waals surface area contributed by atoms with E-state index in [1.165, 1.54) is 49.9 Å². The summed E-state index contributed by atoms with van der Waals surface area (Å²) in [6.07, 6.45) is 4.79. The highest BCUT2D eigenvalue weighted by Gasteiger charge is 2.18. The second kappa shape index (κ2) is 15.0. The van der Waals surface area contributed by atoms with E-state index in [0.717, 1.165) is 26.2 Å². The molecule has 0 fully saturated rings. The third-order valence-corrected chi connectivity index (χ3v) is 20.4. The van der Waals surface area contributed by atoms with Gasteiger partial charge in [0.1, 0.15) is 0 Å². The molecule has 0 spiro atoms. The summed E-state index contributed by atoms with van der Waals surface area (Å²) in [4.78, 5) is 0. The molecule has 0 saturated heterocycles. The van der Waals surface area contributed by atoms with Crippen molar-refractivity contribution in [2.45, 2.75) is 49.9 Å². The normalized spacial score (nSPS) is 11.7. The van der Waals surface area contributed by atoms with Gasteiger partial charge in [-0.15, -0.1) is 0 Å². The lowest BCUT2D eigenvalue weighted by atomic mass is 10.5. The summed E-state index contributed by atoms with van der Waals surface area (Å²) in [6.45, 7) is 3.35. The van der Waals surface area contributed by atoms with Gasteiger partial charge in [0, 0.05) is 0 Å². The van der Waals surface area contributed by atoms with Gasteiger partial charge in [0.05, 0.1) is 15.9 Å². The molecule has 0 aromatic heterocycles. The fourth-order valence-electron chi connectivity index (χ4n) is 2.22. The Labute approximate surface area is 125 Å². The number of nitrogens with two attached hydrogens (primary N) is 4. The van der Waals surface area contributed by atoms with E-state index in [-0.39, 0.29) is 0 Å². The monoisotopic (exact) mass is 322 g/mol. The molecule has 0 saturated carbocycles. The molecule has 0 aromatic carbocycles. The van der Waals surface area contributed by atoms with E-state index < -0.39 is 15.9 Å². The smallest absolute Gasteiger partial charge is 0.0936 e. The summed E-state index contributed by atoms with van der Waals surface area (Å²) >= 11 is 0. The maximum absolute atomic E-state index is 5.66. The Morgan fingerprint density at radius 3 is 1.00 bits per heavy atom. The van der Waals surface area contributed by atoms with Crippen LogP contribution in [-0.2, 0) is 0 Å². The molecule has 7 heteroatoms. The first-order chi connectivity index (χ1) is 9.28. The largest absolute Gasteiger partial charge is 0.330 e. The van der Waals surface area contributed by atoms with E-state index in [1.54, 1.807) is 0 Å². The van der Waals surface area contributed by atoms with Crippen LogP contribution in [0.15, 0.2) is 0 Å². The molecule has 116 valence electrons. The third-order valence-electron chi connectivity index (χ3n) is 3.31. The van der Waals surface area contributed by atoms with Crippen LogP contribution in [0.5, 0.6) is 0 Å². The summed E-state index contributed by atoms with van der Waals surface area (Å²) in [5, 5.41) is 0. The summed E-state index contributed by atoms with van der Waals surface area (Å²) < 4.78 is 0. The van der Waals surface area contributed by atoms with Gasteiger partial charge in [-0.3, -0.25) is 0 Å². The van der Waals surface area contributed by atoms with Gasteiger partial charge in [-0.1, -0.05) is 24.2 Å². The molecular weight excluding hydrogens is 288 g/mol. The SMILES string of the molecule is NCCC[SiH](CCCN)S[SiH](CCCN)CCCN. The lowest BCUT2D eigenvalue weighted by molar-refractivity contribution is 0.890. The molecule has 0 bridgehead atoms. The Morgan fingerprint density at radius 2 is 0.789 bits per heavy atom. The van der Waals surface area contributed by atoms with E-state index in [2.05, 4.69) is 10.7 Å². The molecule has 0 aromatic rings. The maximum atomic E-state index is 5.66. The van der Waals surface area contributed by atoms with Gasteiger partial charge in [-0.25, -0.2) is 10.7 Å². The van der Waals surface area contributed by atoms with Gasteiger partial charge in [-0.05, 0) is 51.9 Å². The van der Waals surface area contributed by atoms with E-state index in [4.69, 9.17) is 22.9 Å². The van der Waals surface area contributed by atoms with Gasteiger partial charge in [0.2, 0.25) is 0 Å². The molecule has 8 N–H and O–H groups in total. The molecule has 0 heterocycles. The molecular formula is C12H34N4SSi2. The second-order valence-corrected chi connectivity index (χ2v) is 17.4. The van der Waals surface area contributed by atoms with Crippen LogP contribution in [0.2, 0.25) is 24.2 Å². The molecule has 0 aliphatic rings. The van der Waals surface area contributed by atoms with Crippen LogP contribution in [-0.4, -0.2) is 42.1 Å². The summed E-state index contributed by atoms with van der Waals surface area (Å²) in [5.74, 6) is 0. The standard InChI is InChI=1S/C12H34N4SSi2/c13-5-1-9-18(10-2-6-14)17-19(11-3-7-15)12-4-8-16/h18-19H,1-16H2. The van der Waals surface area contributed by atoms with E-state index in [1.807, 2.05) is 0 Å². The topological polar surface area (TPSA) is 104 Å². The van der Waals surface area contributed by atoms with Crippen molar-refractivity contribution in [1.82, 2.24) is 0 Å². The van der Waals surface area contributed by atoms with E-state index in [0.29, 0.717) is 0 Å². The minimum absolute atomic E-state index is 0.675. The molecule has 0 aliphatic carbocycles. The maximum Gasteiger partial charge on any atom is 0.0936 e. The zero-order valence-electron chi connectivity index (χ0n) is 12.4. The third kappa shape index (κ3) is 12.1. The van der Waals surface area contributed by atoms with Crippen LogP contribution in [0, 0.1) is 0 Å². The van der Waals surface area contributed by atoms with Crippen LogP contribution >= 0.6 is 10.7 Å². The minimum atomic E-state index is -0.675. The molecule has 19 heavy (non-hydrogen) atoms. The Balaban J connectivity index is 4.16. The first kappa shape index (κ1) is 19.6. The highest BCUT2D eigenvalue weighted by atomic mass is 32.5. The van der Waals surface area contributed by atoms with Crippen molar-refractivity contribution in [1.29, 1.82) is 0 Å². The van der Waals surface area contributed by atoms with Crippen molar-refractivity contribution in [2.75, 3.05) is 26.2 Å². The number of rotatable bonds is 14. The van der Waals surface area contributed by atoms with Gasteiger partial charge < -0.3 is 22.9 Å². The highest BCUT2D eigenvalue weighted by Crippen LogP contribution is 2.27. The molecule has 0 rings (SSSR count). The molecule has 0 aliphatic heterocycles. The van der Waals surface area contributed by atoms with Crippen LogP contribution < -0.4 is 22.9 Å². The first-order valence-corrected chi connectivity index (χ1v) is 14.8. The quantitative estimate of drug-likeness (QED) is 0.350. The fourth-order valence-corrected chi connectivity index (χ4v) is 21.7. The summed E-state index contributed by atoms with van der Waals surface area (Å²) in [6, 6.07) is 5.54. The average molecular weight is 323 g/mol. The van der Waals surface area contributed by atoms with Gasteiger partial charge in [-0.2, -0.15) is 0 Å². The van der Waals surface area contributed by atoms with Crippen LogP contribution in [0.1, 0.15) is 25.7 Å². The average Bonchev–Trinajstić information content (AvgIpc) is 2.44. The molecule has 0 radical (unpaired) electrons. The first-order valence-electron chi connectivity index (χ1n) is 7.74.